The maximum atomic E-state index is 12.7. The number of fused-ring (bicyclic) bond motifs is 1. The zero-order valence-electron chi connectivity index (χ0n) is 13.5. The van der Waals surface area contributed by atoms with Gasteiger partial charge in [-0.05, 0) is 12.5 Å². The molecule has 0 aromatic carbocycles. The van der Waals surface area contributed by atoms with Gasteiger partial charge in [0.15, 0.2) is 0 Å². The van der Waals surface area contributed by atoms with Crippen LogP contribution in [0.1, 0.15) is 15.2 Å². The number of aryl methyl sites for hydroxylation is 2. The summed E-state index contributed by atoms with van der Waals surface area (Å²) in [7, 11) is 1.62. The highest BCUT2D eigenvalue weighted by atomic mass is 32.1. The second kappa shape index (κ2) is 6.56. The molecule has 1 fully saturated rings. The summed E-state index contributed by atoms with van der Waals surface area (Å²) >= 11 is 1.21. The number of piperazine rings is 1. The number of hydrogen-bond donors (Lipinski definition) is 0. The van der Waals surface area contributed by atoms with Crippen molar-refractivity contribution in [2.24, 2.45) is 7.05 Å². The largest absolute Gasteiger partial charge is 0.335 e. The van der Waals surface area contributed by atoms with Gasteiger partial charge in [0.05, 0.1) is 23.1 Å². The molecule has 2 aromatic rings. The van der Waals surface area contributed by atoms with Crippen LogP contribution in [-0.2, 0) is 7.05 Å². The fraction of sp³-hybridized carbons (Fsp3) is 0.533. The molecule has 0 aliphatic carbocycles. The van der Waals surface area contributed by atoms with Crippen LogP contribution in [-0.4, -0.2) is 64.4 Å². The third kappa shape index (κ3) is 3.05. The topological polar surface area (TPSA) is 58.4 Å². The van der Waals surface area contributed by atoms with Gasteiger partial charge in [-0.3, -0.25) is 14.5 Å². The van der Waals surface area contributed by atoms with Crippen molar-refractivity contribution in [2.75, 3.05) is 32.7 Å². The van der Waals surface area contributed by atoms with Crippen LogP contribution >= 0.6 is 11.3 Å². The first-order valence-corrected chi connectivity index (χ1v) is 8.44. The Morgan fingerprint density at radius 2 is 2.00 bits per heavy atom. The van der Waals surface area contributed by atoms with Gasteiger partial charge in [-0.15, -0.1) is 11.3 Å². The molecule has 0 spiro atoms. The van der Waals surface area contributed by atoms with Crippen molar-refractivity contribution in [3.63, 3.8) is 0 Å². The third-order valence-electron chi connectivity index (χ3n) is 4.26. The number of thiophene rings is 1. The molecule has 24 heavy (non-hydrogen) atoms. The van der Waals surface area contributed by atoms with Gasteiger partial charge in [0.25, 0.3) is 17.9 Å². The molecule has 1 amide bonds. The Bertz CT molecular complexity index is 825. The fourth-order valence-corrected chi connectivity index (χ4v) is 3.99. The van der Waals surface area contributed by atoms with E-state index >= 15 is 0 Å². The first-order valence-electron chi connectivity index (χ1n) is 7.63. The van der Waals surface area contributed by atoms with Crippen molar-refractivity contribution in [3.8, 4) is 0 Å². The molecule has 6 nitrogen and oxygen atoms in total. The number of halogens is 2. The van der Waals surface area contributed by atoms with E-state index < -0.39 is 6.43 Å². The second-order valence-electron chi connectivity index (χ2n) is 5.88. The summed E-state index contributed by atoms with van der Waals surface area (Å²) in [5.41, 5.74) is 0.471. The molecule has 0 bridgehead atoms. The van der Waals surface area contributed by atoms with Crippen LogP contribution < -0.4 is 5.56 Å². The Labute approximate surface area is 141 Å². The van der Waals surface area contributed by atoms with Gasteiger partial charge in [-0.2, -0.15) is 0 Å². The molecule has 0 atom stereocenters. The maximum absolute atomic E-state index is 12.7. The number of alkyl halides is 2. The lowest BCUT2D eigenvalue weighted by Crippen LogP contribution is -2.49. The minimum absolute atomic E-state index is 0.158. The summed E-state index contributed by atoms with van der Waals surface area (Å²) in [6, 6.07) is 0. The number of rotatable bonds is 3. The van der Waals surface area contributed by atoms with Crippen LogP contribution in [0.5, 0.6) is 0 Å². The average molecular weight is 356 g/mol. The van der Waals surface area contributed by atoms with E-state index in [-0.39, 0.29) is 18.0 Å². The molecule has 1 saturated heterocycles. The molecular formula is C15H18F2N4O2S. The van der Waals surface area contributed by atoms with E-state index in [4.69, 9.17) is 0 Å². The minimum atomic E-state index is -2.36. The zero-order valence-corrected chi connectivity index (χ0v) is 14.3. The van der Waals surface area contributed by atoms with Gasteiger partial charge >= 0.3 is 0 Å². The molecule has 9 heteroatoms. The molecule has 1 aliphatic rings. The minimum Gasteiger partial charge on any atom is -0.335 e. The van der Waals surface area contributed by atoms with E-state index in [0.29, 0.717) is 46.8 Å². The number of aromatic nitrogens is 2. The van der Waals surface area contributed by atoms with E-state index in [2.05, 4.69) is 4.98 Å². The molecule has 3 rings (SSSR count). The standard InChI is InChI=1S/C15H18F2N4O2S/c1-9-11-13(18-8-19(2)14(11)22)24-12(9)15(23)21-5-3-20(4-6-21)7-10(16)17/h8,10H,3-7H2,1-2H3. The van der Waals surface area contributed by atoms with Crippen molar-refractivity contribution < 1.29 is 13.6 Å². The molecule has 0 unspecified atom stereocenters. The van der Waals surface area contributed by atoms with Gasteiger partial charge < -0.3 is 9.47 Å². The Balaban J connectivity index is 1.82. The van der Waals surface area contributed by atoms with Crippen molar-refractivity contribution in [2.45, 2.75) is 13.3 Å². The van der Waals surface area contributed by atoms with Crippen molar-refractivity contribution in [1.82, 2.24) is 19.4 Å². The second-order valence-corrected chi connectivity index (χ2v) is 6.88. The predicted molar refractivity (Wildman–Crippen MR) is 87.9 cm³/mol. The van der Waals surface area contributed by atoms with E-state index in [0.717, 1.165) is 0 Å². The first-order chi connectivity index (χ1) is 11.4. The van der Waals surface area contributed by atoms with Crippen molar-refractivity contribution in [1.29, 1.82) is 0 Å². The normalized spacial score (nSPS) is 16.3. The van der Waals surface area contributed by atoms with Crippen LogP contribution in [0.2, 0.25) is 0 Å². The van der Waals surface area contributed by atoms with Crippen LogP contribution in [0.25, 0.3) is 10.2 Å². The zero-order chi connectivity index (χ0) is 17.4. The fourth-order valence-electron chi connectivity index (χ4n) is 2.89. The Kier molecular flexibility index (Phi) is 4.64. The average Bonchev–Trinajstić information content (AvgIpc) is 2.88. The van der Waals surface area contributed by atoms with Crippen LogP contribution in [0, 0.1) is 6.92 Å². The number of nitrogens with zero attached hydrogens (tertiary/aromatic N) is 4. The molecule has 3 heterocycles. The molecule has 0 N–H and O–H groups in total. The molecule has 2 aromatic heterocycles. The van der Waals surface area contributed by atoms with Gasteiger partial charge in [-0.1, -0.05) is 0 Å². The summed E-state index contributed by atoms with van der Waals surface area (Å²) in [6.07, 6.45) is -0.919. The molecule has 0 radical (unpaired) electrons. The number of carbonyl (C=O) groups excluding carboxylic acids is 1. The summed E-state index contributed by atoms with van der Waals surface area (Å²) in [5, 5.41) is 0.477. The third-order valence-corrected chi connectivity index (χ3v) is 5.45. The molecule has 0 saturated carbocycles. The summed E-state index contributed by atoms with van der Waals surface area (Å²) in [4.78, 5) is 33.6. The highest BCUT2D eigenvalue weighted by molar-refractivity contribution is 7.20. The van der Waals surface area contributed by atoms with E-state index in [1.807, 2.05) is 0 Å². The lowest BCUT2D eigenvalue weighted by atomic mass is 10.2. The van der Waals surface area contributed by atoms with Gasteiger partial charge in [-0.25, -0.2) is 13.8 Å². The number of amides is 1. The lowest BCUT2D eigenvalue weighted by molar-refractivity contribution is 0.0461. The predicted octanol–water partition coefficient (Wildman–Crippen LogP) is 1.33. The van der Waals surface area contributed by atoms with Gasteiger partial charge in [0, 0.05) is 33.2 Å². The van der Waals surface area contributed by atoms with Gasteiger partial charge in [0.2, 0.25) is 0 Å². The van der Waals surface area contributed by atoms with E-state index in [9.17, 15) is 18.4 Å². The summed E-state index contributed by atoms with van der Waals surface area (Å²) in [5.74, 6) is -0.158. The number of carbonyl (C=O) groups is 1. The van der Waals surface area contributed by atoms with Crippen molar-refractivity contribution >= 4 is 27.5 Å². The summed E-state index contributed by atoms with van der Waals surface area (Å²) < 4.78 is 26.2. The lowest BCUT2D eigenvalue weighted by Gasteiger charge is -2.34. The molecular weight excluding hydrogens is 338 g/mol. The quantitative estimate of drug-likeness (QED) is 0.833. The Morgan fingerprint density at radius 1 is 1.33 bits per heavy atom. The SMILES string of the molecule is Cc1c(C(=O)N2CCN(CC(F)F)CC2)sc2ncn(C)c(=O)c12. The molecule has 130 valence electrons. The molecule has 1 aliphatic heterocycles. The maximum Gasteiger partial charge on any atom is 0.264 e. The Hall–Kier alpha value is -1.87. The Morgan fingerprint density at radius 3 is 2.62 bits per heavy atom. The monoisotopic (exact) mass is 356 g/mol. The number of hydrogen-bond acceptors (Lipinski definition) is 5. The summed E-state index contributed by atoms with van der Waals surface area (Å²) in [6.45, 7) is 3.17. The van der Waals surface area contributed by atoms with E-state index in [1.54, 1.807) is 23.8 Å². The highest BCUT2D eigenvalue weighted by Crippen LogP contribution is 2.28. The van der Waals surface area contributed by atoms with Gasteiger partial charge in [0.1, 0.15) is 4.83 Å². The smallest absolute Gasteiger partial charge is 0.264 e. The van der Waals surface area contributed by atoms with Crippen molar-refractivity contribution in [3.05, 3.63) is 27.1 Å². The van der Waals surface area contributed by atoms with Crippen LogP contribution in [0.4, 0.5) is 8.78 Å². The van der Waals surface area contributed by atoms with E-state index in [1.165, 1.54) is 22.2 Å². The van der Waals surface area contributed by atoms with Crippen LogP contribution in [0.3, 0.4) is 0 Å². The first kappa shape index (κ1) is 17.0. The highest BCUT2D eigenvalue weighted by Gasteiger charge is 2.27. The van der Waals surface area contributed by atoms with Crippen LogP contribution in [0.15, 0.2) is 11.1 Å².